The van der Waals surface area contributed by atoms with Crippen molar-refractivity contribution >= 4 is 11.7 Å². The first kappa shape index (κ1) is 31.0. The Morgan fingerprint density at radius 2 is 1.84 bits per heavy atom. The number of nitrogens with zero attached hydrogens (tertiary/aromatic N) is 2. The van der Waals surface area contributed by atoms with Gasteiger partial charge >= 0.3 is 5.97 Å². The second kappa shape index (κ2) is 11.9. The minimum Gasteiger partial charge on any atom is -0.485 e. The number of rotatable bonds is 7. The zero-order valence-corrected chi connectivity index (χ0v) is 26.0. The molecule has 7 nitrogen and oxygen atoms in total. The molecule has 3 heterocycles. The molecule has 0 bridgehead atoms. The summed E-state index contributed by atoms with van der Waals surface area (Å²) in [5.74, 6) is -0.593. The predicted octanol–water partition coefficient (Wildman–Crippen LogP) is 7.32. The first-order valence-corrected chi connectivity index (χ1v) is 15.1. The van der Waals surface area contributed by atoms with Gasteiger partial charge < -0.3 is 24.6 Å². The lowest BCUT2D eigenvalue weighted by molar-refractivity contribution is -0.160. The second-order valence-corrected chi connectivity index (χ2v) is 13.6. The van der Waals surface area contributed by atoms with Crippen LogP contribution in [0.25, 0.3) is 11.1 Å². The molecule has 2 aliphatic heterocycles. The minimum absolute atomic E-state index is 0.169. The standard InChI is InChI=1S/C35H43FN2O5/c1-21-29(32(33(40)41)43-34(2,3)4)31(38-17-15-35(5,6)16-18-38)30(26(20-39)37-21)24-10-14-28-23(19-24)9-13-27(42-28)22-7-11-25(36)12-8-22/h7-8,10-12,14,19,27,32,39H,9,13,15-18,20H2,1-6H3,(H,40,41)/t27?,32-/m0/s1. The molecule has 0 amide bonds. The second-order valence-electron chi connectivity index (χ2n) is 13.6. The van der Waals surface area contributed by atoms with E-state index in [1.54, 1.807) is 19.1 Å². The van der Waals surface area contributed by atoms with E-state index in [1.165, 1.54) is 12.1 Å². The zero-order chi connectivity index (χ0) is 31.1. The maximum atomic E-state index is 13.5. The third-order valence-electron chi connectivity index (χ3n) is 8.55. The third kappa shape index (κ3) is 6.70. The lowest BCUT2D eigenvalue weighted by Gasteiger charge is -2.41. The number of fused-ring (bicyclic) bond motifs is 1. The number of anilines is 1. The van der Waals surface area contributed by atoms with Crippen LogP contribution in [0.5, 0.6) is 5.75 Å². The Morgan fingerprint density at radius 1 is 1.16 bits per heavy atom. The van der Waals surface area contributed by atoms with Crippen LogP contribution in [0.2, 0.25) is 0 Å². The Hall–Kier alpha value is -3.49. The van der Waals surface area contributed by atoms with E-state index in [9.17, 15) is 19.4 Å². The fourth-order valence-corrected chi connectivity index (χ4v) is 6.20. The number of hydrogen-bond acceptors (Lipinski definition) is 6. The van der Waals surface area contributed by atoms with Gasteiger partial charge in [0.25, 0.3) is 0 Å². The van der Waals surface area contributed by atoms with E-state index in [0.717, 1.165) is 72.5 Å². The van der Waals surface area contributed by atoms with E-state index in [0.29, 0.717) is 17.0 Å². The molecule has 43 heavy (non-hydrogen) atoms. The van der Waals surface area contributed by atoms with Crippen molar-refractivity contribution in [1.29, 1.82) is 0 Å². The fourth-order valence-electron chi connectivity index (χ4n) is 6.20. The summed E-state index contributed by atoms with van der Waals surface area (Å²) in [6, 6.07) is 12.4. The van der Waals surface area contributed by atoms with Crippen molar-refractivity contribution in [2.75, 3.05) is 18.0 Å². The van der Waals surface area contributed by atoms with Gasteiger partial charge in [0.1, 0.15) is 17.7 Å². The highest BCUT2D eigenvalue weighted by atomic mass is 19.1. The van der Waals surface area contributed by atoms with Crippen LogP contribution in [0, 0.1) is 18.2 Å². The summed E-state index contributed by atoms with van der Waals surface area (Å²) in [5, 5.41) is 21.0. The molecule has 0 spiro atoms. The highest BCUT2D eigenvalue weighted by Crippen LogP contribution is 2.46. The van der Waals surface area contributed by atoms with E-state index in [-0.39, 0.29) is 23.9 Å². The largest absolute Gasteiger partial charge is 0.485 e. The lowest BCUT2D eigenvalue weighted by atomic mass is 9.81. The molecule has 2 N–H and O–H groups in total. The number of aliphatic hydroxyl groups is 1. The molecule has 3 aromatic rings. The number of piperidine rings is 1. The average Bonchev–Trinajstić information content (AvgIpc) is 2.95. The maximum absolute atomic E-state index is 13.5. The van der Waals surface area contributed by atoms with Crippen LogP contribution in [0.4, 0.5) is 10.1 Å². The number of aliphatic hydroxyl groups excluding tert-OH is 1. The number of benzene rings is 2. The Bertz CT molecular complexity index is 1490. The number of aromatic nitrogens is 1. The van der Waals surface area contributed by atoms with Crippen LogP contribution in [0.15, 0.2) is 42.5 Å². The molecule has 1 aromatic heterocycles. The first-order chi connectivity index (χ1) is 20.3. The van der Waals surface area contributed by atoms with Crippen LogP contribution < -0.4 is 9.64 Å². The van der Waals surface area contributed by atoms with E-state index in [1.807, 2.05) is 32.9 Å². The summed E-state index contributed by atoms with van der Waals surface area (Å²) in [6.07, 6.45) is 1.98. The molecule has 2 atom stereocenters. The SMILES string of the molecule is Cc1nc(CO)c(-c2ccc3c(c2)CCC(c2ccc(F)cc2)O3)c(N2CCC(C)(C)CC2)c1[C@H](OC(C)(C)C)C(=O)O. The monoisotopic (exact) mass is 590 g/mol. The van der Waals surface area contributed by atoms with Gasteiger partial charge in [0, 0.05) is 29.9 Å². The molecular weight excluding hydrogens is 547 g/mol. The zero-order valence-electron chi connectivity index (χ0n) is 26.0. The number of halogens is 1. The molecule has 230 valence electrons. The number of aryl methyl sites for hydroxylation is 2. The maximum Gasteiger partial charge on any atom is 0.337 e. The molecule has 1 fully saturated rings. The van der Waals surface area contributed by atoms with E-state index in [4.69, 9.17) is 14.5 Å². The lowest BCUT2D eigenvalue weighted by Crippen LogP contribution is -2.39. The molecule has 8 heteroatoms. The third-order valence-corrected chi connectivity index (χ3v) is 8.55. The Labute approximate surface area is 253 Å². The van der Waals surface area contributed by atoms with Crippen molar-refractivity contribution in [3.63, 3.8) is 0 Å². The summed E-state index contributed by atoms with van der Waals surface area (Å²) in [6.45, 7) is 13.1. The Morgan fingerprint density at radius 3 is 2.44 bits per heavy atom. The van der Waals surface area contributed by atoms with E-state index >= 15 is 0 Å². The first-order valence-electron chi connectivity index (χ1n) is 15.1. The number of aliphatic carboxylic acids is 1. The molecular formula is C35H43FN2O5. The van der Waals surface area contributed by atoms with E-state index in [2.05, 4.69) is 24.8 Å². The van der Waals surface area contributed by atoms with Gasteiger partial charge in [0.15, 0.2) is 6.10 Å². The molecule has 2 aromatic carbocycles. The van der Waals surface area contributed by atoms with Gasteiger partial charge in [-0.15, -0.1) is 0 Å². The topological polar surface area (TPSA) is 92.1 Å². The van der Waals surface area contributed by atoms with Crippen LogP contribution in [-0.4, -0.2) is 39.9 Å². The highest BCUT2D eigenvalue weighted by molar-refractivity contribution is 5.88. The van der Waals surface area contributed by atoms with Crippen molar-refractivity contribution in [1.82, 2.24) is 4.98 Å². The van der Waals surface area contributed by atoms with Crippen molar-refractivity contribution in [2.45, 2.75) is 91.6 Å². The van der Waals surface area contributed by atoms with Crippen molar-refractivity contribution in [3.05, 3.63) is 76.4 Å². The smallest absolute Gasteiger partial charge is 0.337 e. The van der Waals surface area contributed by atoms with Gasteiger partial charge in [0.2, 0.25) is 0 Å². The molecule has 0 aliphatic carbocycles. The van der Waals surface area contributed by atoms with Gasteiger partial charge in [-0.3, -0.25) is 4.98 Å². The van der Waals surface area contributed by atoms with E-state index < -0.39 is 17.7 Å². The van der Waals surface area contributed by atoms with Crippen LogP contribution in [-0.2, 0) is 22.6 Å². The number of carboxylic acids is 1. The summed E-state index contributed by atoms with van der Waals surface area (Å²) in [4.78, 5) is 19.8. The predicted molar refractivity (Wildman–Crippen MR) is 165 cm³/mol. The van der Waals surface area contributed by atoms with Gasteiger partial charge in [-0.25, -0.2) is 9.18 Å². The Kier molecular flexibility index (Phi) is 8.56. The van der Waals surface area contributed by atoms with Crippen molar-refractivity contribution < 1.29 is 28.9 Å². The summed E-state index contributed by atoms with van der Waals surface area (Å²) >= 11 is 0. The number of ether oxygens (including phenoxy) is 2. The van der Waals surface area contributed by atoms with Crippen LogP contribution >= 0.6 is 0 Å². The average molecular weight is 591 g/mol. The fraction of sp³-hybridized carbons (Fsp3) is 0.486. The normalized spacial score (nSPS) is 19.0. The summed E-state index contributed by atoms with van der Waals surface area (Å²) in [5.41, 5.74) is 5.33. The van der Waals surface area contributed by atoms with Crippen LogP contribution in [0.1, 0.15) is 94.2 Å². The number of carbonyl (C=O) groups is 1. The highest BCUT2D eigenvalue weighted by Gasteiger charge is 2.37. The molecule has 0 radical (unpaired) electrons. The number of carboxylic acid groups (broad SMARTS) is 1. The number of pyridine rings is 1. The van der Waals surface area contributed by atoms with Gasteiger partial charge in [-0.05, 0) is 99.7 Å². The van der Waals surface area contributed by atoms with Gasteiger partial charge in [0.05, 0.1) is 23.6 Å². The molecule has 5 rings (SSSR count). The van der Waals surface area contributed by atoms with Crippen molar-refractivity contribution in [3.8, 4) is 16.9 Å². The Balaban J connectivity index is 1.64. The van der Waals surface area contributed by atoms with Crippen molar-refractivity contribution in [2.24, 2.45) is 5.41 Å². The number of hydrogen-bond donors (Lipinski definition) is 2. The van der Waals surface area contributed by atoms with Gasteiger partial charge in [-0.1, -0.05) is 32.0 Å². The molecule has 1 saturated heterocycles. The quantitative estimate of drug-likeness (QED) is 0.298. The summed E-state index contributed by atoms with van der Waals surface area (Å²) in [7, 11) is 0. The van der Waals surface area contributed by atoms with Crippen LogP contribution in [0.3, 0.4) is 0 Å². The van der Waals surface area contributed by atoms with Gasteiger partial charge in [-0.2, -0.15) is 0 Å². The molecule has 2 aliphatic rings. The molecule has 1 unspecified atom stereocenters. The minimum atomic E-state index is -1.23. The molecule has 0 saturated carbocycles. The summed E-state index contributed by atoms with van der Waals surface area (Å²) < 4.78 is 26.0.